The molecule has 0 saturated carbocycles. The van der Waals surface area contributed by atoms with Gasteiger partial charge in [0.2, 0.25) is 0 Å². The van der Waals surface area contributed by atoms with E-state index in [-0.39, 0.29) is 11.1 Å². The second-order valence-corrected chi connectivity index (χ2v) is 6.82. The highest BCUT2D eigenvalue weighted by atomic mass is 19.4. The summed E-state index contributed by atoms with van der Waals surface area (Å²) in [5.41, 5.74) is -3.48. The number of rotatable bonds is 4. The van der Waals surface area contributed by atoms with Crippen molar-refractivity contribution in [1.82, 2.24) is 14.9 Å². The van der Waals surface area contributed by atoms with E-state index in [9.17, 15) is 35.9 Å². The second-order valence-electron chi connectivity index (χ2n) is 6.82. The summed E-state index contributed by atoms with van der Waals surface area (Å²) in [6, 6.07) is 5.87. The number of halogens is 6. The van der Waals surface area contributed by atoms with E-state index >= 15 is 0 Å². The monoisotopic (exact) mass is 455 g/mol. The van der Waals surface area contributed by atoms with Gasteiger partial charge in [-0.05, 0) is 35.9 Å². The molecule has 5 nitrogen and oxygen atoms in total. The SMILES string of the molecule is Cn1ccc(C(=O)N[C@@H](c2ccc(C(F)(F)F)cc2)c2ncccc2C(F)(F)F)cc1=O. The average molecular weight is 455 g/mol. The Morgan fingerprint density at radius 1 is 1.00 bits per heavy atom. The zero-order valence-electron chi connectivity index (χ0n) is 16.3. The van der Waals surface area contributed by atoms with E-state index < -0.39 is 46.7 Å². The summed E-state index contributed by atoms with van der Waals surface area (Å²) in [4.78, 5) is 28.3. The summed E-state index contributed by atoms with van der Waals surface area (Å²) in [6.45, 7) is 0. The lowest BCUT2D eigenvalue weighted by atomic mass is 9.97. The van der Waals surface area contributed by atoms with Gasteiger partial charge in [-0.2, -0.15) is 26.3 Å². The molecule has 32 heavy (non-hydrogen) atoms. The maximum atomic E-state index is 13.6. The minimum absolute atomic E-state index is 0.0561. The Bertz CT molecular complexity index is 1180. The molecule has 0 spiro atoms. The van der Waals surface area contributed by atoms with Crippen LogP contribution in [0.25, 0.3) is 0 Å². The van der Waals surface area contributed by atoms with E-state index in [4.69, 9.17) is 0 Å². The normalized spacial score (nSPS) is 13.0. The topological polar surface area (TPSA) is 64.0 Å². The fourth-order valence-corrected chi connectivity index (χ4v) is 2.97. The molecule has 3 rings (SSSR count). The van der Waals surface area contributed by atoms with Gasteiger partial charge in [0.05, 0.1) is 22.9 Å². The first-order valence-corrected chi connectivity index (χ1v) is 9.05. The van der Waals surface area contributed by atoms with Crippen LogP contribution in [0.4, 0.5) is 26.3 Å². The number of carbonyl (C=O) groups is 1. The van der Waals surface area contributed by atoms with Crippen LogP contribution in [0.5, 0.6) is 0 Å². The fraction of sp³-hybridized carbons (Fsp3) is 0.190. The summed E-state index contributed by atoms with van der Waals surface area (Å²) in [7, 11) is 1.44. The van der Waals surface area contributed by atoms with Crippen molar-refractivity contribution in [3.63, 3.8) is 0 Å². The Balaban J connectivity index is 2.09. The Morgan fingerprint density at radius 3 is 2.22 bits per heavy atom. The van der Waals surface area contributed by atoms with Crippen LogP contribution in [0.15, 0.2) is 65.7 Å². The van der Waals surface area contributed by atoms with Gasteiger partial charge in [-0.3, -0.25) is 14.6 Å². The predicted octanol–water partition coefficient (Wildman–Crippen LogP) is 4.34. The molecular weight excluding hydrogens is 440 g/mol. The number of pyridine rings is 2. The van der Waals surface area contributed by atoms with Crippen LogP contribution in [0.1, 0.15) is 38.8 Å². The molecule has 0 aliphatic heterocycles. The molecule has 1 N–H and O–H groups in total. The molecule has 0 aliphatic rings. The van der Waals surface area contributed by atoms with Crippen molar-refractivity contribution in [2.75, 3.05) is 0 Å². The van der Waals surface area contributed by atoms with Gasteiger partial charge >= 0.3 is 12.4 Å². The summed E-state index contributed by atoms with van der Waals surface area (Å²) >= 11 is 0. The van der Waals surface area contributed by atoms with Gasteiger partial charge in [0.15, 0.2) is 0 Å². The third-order valence-corrected chi connectivity index (χ3v) is 4.63. The van der Waals surface area contributed by atoms with Crippen molar-refractivity contribution in [3.05, 3.63) is 99.2 Å². The second kappa shape index (κ2) is 8.48. The first-order valence-electron chi connectivity index (χ1n) is 9.05. The van der Waals surface area contributed by atoms with Gasteiger partial charge in [0.25, 0.3) is 11.5 Å². The van der Waals surface area contributed by atoms with Gasteiger partial charge in [0, 0.05) is 31.1 Å². The van der Waals surface area contributed by atoms with Gasteiger partial charge < -0.3 is 9.88 Å². The first kappa shape index (κ1) is 23.0. The van der Waals surface area contributed by atoms with Gasteiger partial charge in [0.1, 0.15) is 0 Å². The molecule has 0 unspecified atom stereocenters. The number of hydrogen-bond donors (Lipinski definition) is 1. The zero-order chi connectivity index (χ0) is 23.7. The summed E-state index contributed by atoms with van der Waals surface area (Å²) < 4.78 is 80.6. The Labute approximate surface area is 177 Å². The molecule has 2 heterocycles. The lowest BCUT2D eigenvalue weighted by Crippen LogP contribution is -2.32. The van der Waals surface area contributed by atoms with Crippen LogP contribution in [-0.4, -0.2) is 15.5 Å². The van der Waals surface area contributed by atoms with E-state index in [1.54, 1.807) is 0 Å². The van der Waals surface area contributed by atoms with Crippen LogP contribution in [0.3, 0.4) is 0 Å². The quantitative estimate of drug-likeness (QED) is 0.596. The maximum absolute atomic E-state index is 13.6. The molecule has 2 aromatic heterocycles. The van der Waals surface area contributed by atoms with Crippen LogP contribution in [-0.2, 0) is 19.4 Å². The highest BCUT2D eigenvalue weighted by Gasteiger charge is 2.37. The van der Waals surface area contributed by atoms with Gasteiger partial charge in [-0.15, -0.1) is 0 Å². The van der Waals surface area contributed by atoms with Crippen molar-refractivity contribution in [2.24, 2.45) is 7.05 Å². The molecule has 0 radical (unpaired) electrons. The lowest BCUT2D eigenvalue weighted by molar-refractivity contribution is -0.139. The molecule has 0 aliphatic carbocycles. The van der Waals surface area contributed by atoms with Crippen molar-refractivity contribution in [2.45, 2.75) is 18.4 Å². The Kier molecular flexibility index (Phi) is 6.11. The standard InChI is InChI=1S/C21H15F6N3O2/c1-30-10-8-13(11-16(30)31)19(32)29-17(12-4-6-14(7-5-12)20(22,23)24)18-15(21(25,26)27)3-2-9-28-18/h2-11,17H,1H3,(H,29,32)/t17-/m0/s1. The van der Waals surface area contributed by atoms with E-state index in [0.29, 0.717) is 12.1 Å². The maximum Gasteiger partial charge on any atom is 0.418 e. The summed E-state index contributed by atoms with van der Waals surface area (Å²) in [5, 5.41) is 2.35. The van der Waals surface area contributed by atoms with Crippen molar-refractivity contribution in [1.29, 1.82) is 0 Å². The number of hydrogen-bond acceptors (Lipinski definition) is 3. The minimum Gasteiger partial charge on any atom is -0.340 e. The van der Waals surface area contributed by atoms with E-state index in [1.807, 2.05) is 0 Å². The van der Waals surface area contributed by atoms with E-state index in [2.05, 4.69) is 10.3 Å². The summed E-state index contributed by atoms with van der Waals surface area (Å²) in [5.74, 6) is -0.897. The molecule has 0 fully saturated rings. The largest absolute Gasteiger partial charge is 0.418 e. The van der Waals surface area contributed by atoms with Crippen molar-refractivity contribution in [3.8, 4) is 0 Å². The number of aromatic nitrogens is 2. The highest BCUT2D eigenvalue weighted by molar-refractivity contribution is 5.94. The number of benzene rings is 1. The molecule has 1 amide bonds. The Hall–Kier alpha value is -3.63. The van der Waals surface area contributed by atoms with E-state index in [1.165, 1.54) is 23.9 Å². The van der Waals surface area contributed by atoms with E-state index in [0.717, 1.165) is 36.5 Å². The van der Waals surface area contributed by atoms with Crippen molar-refractivity contribution >= 4 is 5.91 Å². The number of nitrogens with one attached hydrogen (secondary N) is 1. The smallest absolute Gasteiger partial charge is 0.340 e. The molecule has 11 heteroatoms. The molecule has 1 atom stereocenters. The molecular formula is C21H15F6N3O2. The number of aryl methyl sites for hydroxylation is 1. The first-order chi connectivity index (χ1) is 14.9. The molecule has 0 bridgehead atoms. The van der Waals surface area contributed by atoms with Crippen LogP contribution in [0, 0.1) is 0 Å². The number of amides is 1. The Morgan fingerprint density at radius 2 is 1.66 bits per heavy atom. The predicted molar refractivity (Wildman–Crippen MR) is 102 cm³/mol. The molecule has 3 aromatic rings. The van der Waals surface area contributed by atoms with Crippen LogP contribution in [0.2, 0.25) is 0 Å². The van der Waals surface area contributed by atoms with Gasteiger partial charge in [-0.1, -0.05) is 12.1 Å². The van der Waals surface area contributed by atoms with Gasteiger partial charge in [-0.25, -0.2) is 0 Å². The average Bonchev–Trinajstić information content (AvgIpc) is 2.72. The molecule has 168 valence electrons. The third-order valence-electron chi connectivity index (χ3n) is 4.63. The summed E-state index contributed by atoms with van der Waals surface area (Å²) in [6.07, 6.45) is -7.11. The molecule has 1 aromatic carbocycles. The minimum atomic E-state index is -4.83. The zero-order valence-corrected chi connectivity index (χ0v) is 16.3. The third kappa shape index (κ3) is 4.98. The lowest BCUT2D eigenvalue weighted by Gasteiger charge is -2.23. The molecule has 0 saturated heterocycles. The fourth-order valence-electron chi connectivity index (χ4n) is 2.97. The van der Waals surface area contributed by atoms with Crippen molar-refractivity contribution < 1.29 is 31.1 Å². The number of alkyl halides is 6. The van der Waals surface area contributed by atoms with Crippen LogP contribution >= 0.6 is 0 Å². The highest BCUT2D eigenvalue weighted by Crippen LogP contribution is 2.36. The number of carbonyl (C=O) groups excluding carboxylic acids is 1. The van der Waals surface area contributed by atoms with Crippen LogP contribution < -0.4 is 10.9 Å². The number of nitrogens with zero attached hydrogens (tertiary/aromatic N) is 2.